The highest BCUT2D eigenvalue weighted by Crippen LogP contribution is 2.43. The standard InChI is InChI=1S/C9H11ClO2/c10-8-2-6-1-7(4-8)9(3-6)12-5-11/h4-7,9H,1-3H2. The molecule has 66 valence electrons. The second-order valence-corrected chi connectivity index (χ2v) is 4.08. The average Bonchev–Trinajstić information content (AvgIpc) is 2.28. The lowest BCUT2D eigenvalue weighted by molar-refractivity contribution is -0.134. The summed E-state index contributed by atoms with van der Waals surface area (Å²) < 4.78 is 4.98. The Morgan fingerprint density at radius 3 is 3.17 bits per heavy atom. The van der Waals surface area contributed by atoms with Crippen LogP contribution in [0.4, 0.5) is 0 Å². The van der Waals surface area contributed by atoms with Crippen molar-refractivity contribution < 1.29 is 9.53 Å². The minimum atomic E-state index is 0.0868. The third kappa shape index (κ3) is 1.36. The first kappa shape index (κ1) is 8.11. The highest BCUT2D eigenvalue weighted by Gasteiger charge is 2.37. The van der Waals surface area contributed by atoms with E-state index in [2.05, 4.69) is 0 Å². The lowest BCUT2D eigenvalue weighted by Crippen LogP contribution is -2.15. The minimum absolute atomic E-state index is 0.0868. The maximum Gasteiger partial charge on any atom is 0.293 e. The van der Waals surface area contributed by atoms with Crippen LogP contribution in [0.25, 0.3) is 0 Å². The topological polar surface area (TPSA) is 26.3 Å². The van der Waals surface area contributed by atoms with Crippen LogP contribution in [0.5, 0.6) is 0 Å². The predicted molar refractivity (Wildman–Crippen MR) is 45.7 cm³/mol. The normalized spacial score (nSPS) is 39.1. The minimum Gasteiger partial charge on any atom is -0.464 e. The number of hydrogen-bond donors (Lipinski definition) is 0. The largest absolute Gasteiger partial charge is 0.464 e. The van der Waals surface area contributed by atoms with E-state index in [0.717, 1.165) is 24.3 Å². The molecule has 0 spiro atoms. The van der Waals surface area contributed by atoms with Crippen LogP contribution >= 0.6 is 11.6 Å². The Morgan fingerprint density at radius 2 is 2.42 bits per heavy atom. The second kappa shape index (κ2) is 3.09. The lowest BCUT2D eigenvalue weighted by atomic mass is 9.95. The van der Waals surface area contributed by atoms with Gasteiger partial charge >= 0.3 is 0 Å². The summed E-state index contributed by atoms with van der Waals surface area (Å²) in [6.07, 6.45) is 5.21. The van der Waals surface area contributed by atoms with Crippen LogP contribution in [0.3, 0.4) is 0 Å². The fourth-order valence-electron chi connectivity index (χ4n) is 2.28. The molecule has 0 aromatic carbocycles. The molecule has 12 heavy (non-hydrogen) atoms. The number of rotatable bonds is 2. The number of hydrogen-bond acceptors (Lipinski definition) is 2. The van der Waals surface area contributed by atoms with Crippen LogP contribution in [0.2, 0.25) is 0 Å². The van der Waals surface area contributed by atoms with Crippen LogP contribution < -0.4 is 0 Å². The molecule has 3 unspecified atom stereocenters. The van der Waals surface area contributed by atoms with E-state index in [1.165, 1.54) is 0 Å². The molecule has 0 amide bonds. The Morgan fingerprint density at radius 1 is 1.58 bits per heavy atom. The van der Waals surface area contributed by atoms with E-state index in [1.807, 2.05) is 6.08 Å². The number of fused-ring (bicyclic) bond motifs is 2. The van der Waals surface area contributed by atoms with Crippen molar-refractivity contribution in [1.29, 1.82) is 0 Å². The molecule has 0 aromatic heterocycles. The zero-order valence-electron chi connectivity index (χ0n) is 6.70. The first-order valence-corrected chi connectivity index (χ1v) is 4.62. The summed E-state index contributed by atoms with van der Waals surface area (Å²) in [5.41, 5.74) is 0. The molecule has 0 N–H and O–H groups in total. The highest BCUT2D eigenvalue weighted by atomic mass is 35.5. The van der Waals surface area contributed by atoms with Crippen molar-refractivity contribution in [1.82, 2.24) is 0 Å². The molecule has 2 aliphatic carbocycles. The summed E-state index contributed by atoms with van der Waals surface area (Å²) >= 11 is 5.93. The molecule has 0 aromatic rings. The molecule has 2 rings (SSSR count). The number of carbonyl (C=O) groups excluding carboxylic acids is 1. The number of allylic oxidation sites excluding steroid dienone is 1. The zero-order chi connectivity index (χ0) is 8.55. The van der Waals surface area contributed by atoms with E-state index in [-0.39, 0.29) is 6.10 Å². The molecule has 0 saturated heterocycles. The lowest BCUT2D eigenvalue weighted by Gasteiger charge is -2.16. The van der Waals surface area contributed by atoms with Gasteiger partial charge in [-0.3, -0.25) is 4.79 Å². The molecule has 0 heterocycles. The van der Waals surface area contributed by atoms with Crippen molar-refractivity contribution in [2.24, 2.45) is 11.8 Å². The van der Waals surface area contributed by atoms with Crippen molar-refractivity contribution in [2.75, 3.05) is 0 Å². The SMILES string of the molecule is O=COC1CC2CC(Cl)=CC1C2. The molecule has 3 heteroatoms. The molecule has 2 aliphatic rings. The van der Waals surface area contributed by atoms with Gasteiger partial charge in [0.2, 0.25) is 0 Å². The maximum atomic E-state index is 10.2. The van der Waals surface area contributed by atoms with Gasteiger partial charge < -0.3 is 4.74 Å². The van der Waals surface area contributed by atoms with Gasteiger partial charge in [-0.05, 0) is 25.2 Å². The molecule has 2 nitrogen and oxygen atoms in total. The Hall–Kier alpha value is -0.500. The highest BCUT2D eigenvalue weighted by molar-refractivity contribution is 6.29. The monoisotopic (exact) mass is 186 g/mol. The van der Waals surface area contributed by atoms with Crippen molar-refractivity contribution in [3.63, 3.8) is 0 Å². The Bertz CT molecular complexity index is 225. The third-order valence-corrected chi connectivity index (χ3v) is 3.04. The maximum absolute atomic E-state index is 10.2. The van der Waals surface area contributed by atoms with E-state index in [4.69, 9.17) is 16.3 Å². The molecule has 0 radical (unpaired) electrons. The van der Waals surface area contributed by atoms with E-state index >= 15 is 0 Å². The fourth-order valence-corrected chi connectivity index (χ4v) is 2.66. The summed E-state index contributed by atoms with van der Waals surface area (Å²) in [4.78, 5) is 10.2. The Labute approximate surface area is 76.5 Å². The molecular formula is C9H11ClO2. The Balaban J connectivity index is 2.09. The van der Waals surface area contributed by atoms with Crippen LogP contribution in [-0.4, -0.2) is 12.6 Å². The van der Waals surface area contributed by atoms with Crippen LogP contribution in [-0.2, 0) is 9.53 Å². The van der Waals surface area contributed by atoms with Crippen molar-refractivity contribution in [3.8, 4) is 0 Å². The van der Waals surface area contributed by atoms with Crippen molar-refractivity contribution >= 4 is 18.1 Å². The molecular weight excluding hydrogens is 176 g/mol. The van der Waals surface area contributed by atoms with Gasteiger partial charge in [0.15, 0.2) is 0 Å². The smallest absolute Gasteiger partial charge is 0.293 e. The summed E-state index contributed by atoms with van der Waals surface area (Å²) in [5, 5.41) is 0.938. The molecule has 1 fully saturated rings. The van der Waals surface area contributed by atoms with E-state index < -0.39 is 0 Å². The molecule has 2 bridgehead atoms. The summed E-state index contributed by atoms with van der Waals surface area (Å²) in [6.45, 7) is 0.549. The van der Waals surface area contributed by atoms with Gasteiger partial charge in [-0.1, -0.05) is 17.7 Å². The van der Waals surface area contributed by atoms with Gasteiger partial charge in [-0.25, -0.2) is 0 Å². The molecule has 1 saturated carbocycles. The van der Waals surface area contributed by atoms with E-state index in [1.54, 1.807) is 0 Å². The van der Waals surface area contributed by atoms with Gasteiger partial charge in [0.05, 0.1) is 0 Å². The summed E-state index contributed by atoms with van der Waals surface area (Å²) in [5.74, 6) is 1.01. The van der Waals surface area contributed by atoms with Crippen molar-refractivity contribution in [2.45, 2.75) is 25.4 Å². The first-order chi connectivity index (χ1) is 5.79. The van der Waals surface area contributed by atoms with Gasteiger partial charge in [0.1, 0.15) is 6.10 Å². The third-order valence-electron chi connectivity index (χ3n) is 2.76. The summed E-state index contributed by atoms with van der Waals surface area (Å²) in [6, 6.07) is 0. The average molecular weight is 187 g/mol. The fraction of sp³-hybridized carbons (Fsp3) is 0.667. The van der Waals surface area contributed by atoms with Crippen molar-refractivity contribution in [3.05, 3.63) is 11.1 Å². The first-order valence-electron chi connectivity index (χ1n) is 4.25. The van der Waals surface area contributed by atoms with Crippen LogP contribution in [0.15, 0.2) is 11.1 Å². The van der Waals surface area contributed by atoms with Gasteiger partial charge in [0.25, 0.3) is 6.47 Å². The molecule has 3 atom stereocenters. The molecule has 0 aliphatic heterocycles. The van der Waals surface area contributed by atoms with E-state index in [0.29, 0.717) is 18.3 Å². The quantitative estimate of drug-likeness (QED) is 0.618. The second-order valence-electron chi connectivity index (χ2n) is 3.59. The summed E-state index contributed by atoms with van der Waals surface area (Å²) in [7, 11) is 0. The van der Waals surface area contributed by atoms with E-state index in [9.17, 15) is 4.79 Å². The van der Waals surface area contributed by atoms with Crippen LogP contribution in [0.1, 0.15) is 19.3 Å². The number of carbonyl (C=O) groups is 1. The Kier molecular flexibility index (Phi) is 2.09. The number of ether oxygens (including phenoxy) is 1. The van der Waals surface area contributed by atoms with Gasteiger partial charge in [0, 0.05) is 11.0 Å². The zero-order valence-corrected chi connectivity index (χ0v) is 7.46. The van der Waals surface area contributed by atoms with Gasteiger partial charge in [-0.2, -0.15) is 0 Å². The van der Waals surface area contributed by atoms with Gasteiger partial charge in [-0.15, -0.1) is 0 Å². The predicted octanol–water partition coefficient (Wildman–Crippen LogP) is 2.08. The number of halogens is 1. The van der Waals surface area contributed by atoms with Crippen LogP contribution in [0, 0.1) is 11.8 Å².